The van der Waals surface area contributed by atoms with Crippen LogP contribution >= 0.6 is 0 Å². The molecule has 0 aliphatic carbocycles. The molecule has 174 valence electrons. The van der Waals surface area contributed by atoms with E-state index in [0.717, 1.165) is 4.68 Å². The van der Waals surface area contributed by atoms with Gasteiger partial charge in [-0.2, -0.15) is 31.4 Å². The fourth-order valence-electron chi connectivity index (χ4n) is 2.45. The van der Waals surface area contributed by atoms with Gasteiger partial charge in [-0.3, -0.25) is 4.68 Å². The van der Waals surface area contributed by atoms with Crippen LogP contribution in [0.5, 0.6) is 0 Å². The summed E-state index contributed by atoms with van der Waals surface area (Å²) in [5, 5.41) is 19.2. The number of hydrogen-bond donors (Lipinski definition) is 2. The van der Waals surface area contributed by atoms with E-state index in [-0.39, 0.29) is 22.9 Å². The van der Waals surface area contributed by atoms with Gasteiger partial charge >= 0.3 is 12.4 Å². The second-order valence-corrected chi connectivity index (χ2v) is 6.90. The van der Waals surface area contributed by atoms with Gasteiger partial charge in [0.15, 0.2) is 23.1 Å². The van der Waals surface area contributed by atoms with Gasteiger partial charge in [-0.05, 0) is 13.0 Å². The van der Waals surface area contributed by atoms with E-state index in [1.807, 2.05) is 0 Å². The van der Waals surface area contributed by atoms with Crippen LogP contribution in [0.3, 0.4) is 0 Å². The lowest BCUT2D eigenvalue weighted by atomic mass is 10.1. The van der Waals surface area contributed by atoms with Gasteiger partial charge in [-0.1, -0.05) is 5.16 Å². The van der Waals surface area contributed by atoms with Crippen LogP contribution in [-0.2, 0) is 6.54 Å². The Balaban J connectivity index is 1.91. The minimum Gasteiger partial charge on any atom is -0.379 e. The zero-order valence-corrected chi connectivity index (χ0v) is 16.2. The van der Waals surface area contributed by atoms with E-state index in [2.05, 4.69) is 25.5 Å². The standard InChI is InChI=1S/C17H15F7N6O2/c1-15(31,17(22,23)24)8-26-13-9(18)7-25-14(27-13)11-6-12(10-2-5-32-29-10)30(28-11)4-3-16(19,20)21/h2,5-7,31H,3-4,8H2,1H3,(H,25,26,27). The van der Waals surface area contributed by atoms with Crippen LogP contribution in [0, 0.1) is 5.82 Å². The third-order valence-corrected chi connectivity index (χ3v) is 4.27. The molecule has 0 aliphatic heterocycles. The molecule has 0 saturated heterocycles. The minimum absolute atomic E-state index is 0.0872. The Morgan fingerprint density at radius 3 is 2.47 bits per heavy atom. The topological polar surface area (TPSA) is 102 Å². The number of anilines is 1. The van der Waals surface area contributed by atoms with E-state index in [1.54, 1.807) is 0 Å². The Morgan fingerprint density at radius 1 is 1.16 bits per heavy atom. The first-order chi connectivity index (χ1) is 14.8. The number of aromatic nitrogens is 5. The highest BCUT2D eigenvalue weighted by molar-refractivity contribution is 5.63. The number of aliphatic hydroxyl groups is 1. The molecule has 1 unspecified atom stereocenters. The summed E-state index contributed by atoms with van der Waals surface area (Å²) in [5.74, 6) is -2.05. The highest BCUT2D eigenvalue weighted by Gasteiger charge is 2.49. The van der Waals surface area contributed by atoms with Crippen LogP contribution in [0.2, 0.25) is 0 Å². The van der Waals surface area contributed by atoms with Crippen LogP contribution in [0.1, 0.15) is 13.3 Å². The molecule has 8 nitrogen and oxygen atoms in total. The van der Waals surface area contributed by atoms with Crippen molar-refractivity contribution in [2.24, 2.45) is 0 Å². The molecule has 0 aromatic carbocycles. The summed E-state index contributed by atoms with van der Waals surface area (Å²) in [4.78, 5) is 7.45. The maximum Gasteiger partial charge on any atom is 0.418 e. The lowest BCUT2D eigenvalue weighted by molar-refractivity contribution is -0.246. The molecule has 15 heteroatoms. The molecule has 32 heavy (non-hydrogen) atoms. The summed E-state index contributed by atoms with van der Waals surface area (Å²) in [6.07, 6.45) is -8.82. The van der Waals surface area contributed by atoms with Crippen molar-refractivity contribution >= 4 is 5.82 Å². The van der Waals surface area contributed by atoms with Crippen molar-refractivity contribution in [1.82, 2.24) is 24.9 Å². The average Bonchev–Trinajstić information content (AvgIpc) is 3.34. The molecule has 0 radical (unpaired) electrons. The Bertz CT molecular complexity index is 1060. The maximum atomic E-state index is 14.0. The normalized spacial score (nSPS) is 14.4. The van der Waals surface area contributed by atoms with Crippen LogP contribution in [0.15, 0.2) is 29.1 Å². The minimum atomic E-state index is -4.99. The summed E-state index contributed by atoms with van der Waals surface area (Å²) in [6.45, 7) is -1.20. The van der Waals surface area contributed by atoms with Crippen molar-refractivity contribution < 1.29 is 40.4 Å². The molecule has 0 aliphatic rings. The Hall–Kier alpha value is -3.23. The highest BCUT2D eigenvalue weighted by Crippen LogP contribution is 2.31. The molecule has 3 heterocycles. The van der Waals surface area contributed by atoms with E-state index in [4.69, 9.17) is 4.52 Å². The van der Waals surface area contributed by atoms with Crippen molar-refractivity contribution in [3.63, 3.8) is 0 Å². The first-order valence-corrected chi connectivity index (χ1v) is 8.88. The van der Waals surface area contributed by atoms with Crippen molar-refractivity contribution in [3.8, 4) is 22.9 Å². The number of aryl methyl sites for hydroxylation is 1. The highest BCUT2D eigenvalue weighted by atomic mass is 19.4. The second kappa shape index (κ2) is 8.37. The maximum absolute atomic E-state index is 14.0. The molecule has 0 amide bonds. The molecule has 2 N–H and O–H groups in total. The number of halogens is 7. The molecule has 0 spiro atoms. The van der Waals surface area contributed by atoms with Gasteiger partial charge in [0.1, 0.15) is 17.7 Å². The lowest BCUT2D eigenvalue weighted by Gasteiger charge is -2.26. The summed E-state index contributed by atoms with van der Waals surface area (Å²) >= 11 is 0. The van der Waals surface area contributed by atoms with E-state index in [0.29, 0.717) is 13.1 Å². The Labute approximate surface area is 175 Å². The van der Waals surface area contributed by atoms with Crippen LogP contribution in [0.4, 0.5) is 36.6 Å². The van der Waals surface area contributed by atoms with Crippen molar-refractivity contribution in [3.05, 3.63) is 30.4 Å². The number of nitrogens with one attached hydrogen (secondary N) is 1. The summed E-state index contributed by atoms with van der Waals surface area (Å²) in [7, 11) is 0. The molecule has 1 atom stereocenters. The average molecular weight is 468 g/mol. The predicted molar refractivity (Wildman–Crippen MR) is 94.5 cm³/mol. The molecule has 0 fully saturated rings. The SMILES string of the molecule is CC(O)(CNc1nc(-c2cc(-c3ccon3)n(CCC(F)(F)F)n2)ncc1F)C(F)(F)F. The quantitative estimate of drug-likeness (QED) is 0.509. The second-order valence-electron chi connectivity index (χ2n) is 6.90. The van der Waals surface area contributed by atoms with Gasteiger partial charge < -0.3 is 14.9 Å². The molecule has 3 aromatic heterocycles. The van der Waals surface area contributed by atoms with Gasteiger partial charge in [-0.25, -0.2) is 14.4 Å². The van der Waals surface area contributed by atoms with E-state index in [9.17, 15) is 35.8 Å². The number of nitrogens with zero attached hydrogens (tertiary/aromatic N) is 5. The van der Waals surface area contributed by atoms with Gasteiger partial charge in [0.05, 0.1) is 31.4 Å². The third kappa shape index (κ3) is 5.33. The Kier molecular flexibility index (Phi) is 6.13. The fourth-order valence-corrected chi connectivity index (χ4v) is 2.45. The molecule has 0 saturated carbocycles. The van der Waals surface area contributed by atoms with Crippen molar-refractivity contribution in [2.45, 2.75) is 37.8 Å². The van der Waals surface area contributed by atoms with Gasteiger partial charge in [0.25, 0.3) is 0 Å². The number of rotatable bonds is 7. The largest absolute Gasteiger partial charge is 0.418 e. The van der Waals surface area contributed by atoms with E-state index in [1.165, 1.54) is 18.4 Å². The first kappa shape index (κ1) is 23.4. The molecular weight excluding hydrogens is 453 g/mol. The van der Waals surface area contributed by atoms with E-state index >= 15 is 0 Å². The van der Waals surface area contributed by atoms with Crippen molar-refractivity contribution in [2.75, 3.05) is 11.9 Å². The summed E-state index contributed by atoms with van der Waals surface area (Å²) < 4.78 is 96.0. The number of hydrogen-bond acceptors (Lipinski definition) is 7. The molecule has 0 bridgehead atoms. The summed E-state index contributed by atoms with van der Waals surface area (Å²) in [6, 6.07) is 2.65. The number of alkyl halides is 6. The van der Waals surface area contributed by atoms with Gasteiger partial charge in [0.2, 0.25) is 0 Å². The van der Waals surface area contributed by atoms with Gasteiger partial charge in [0, 0.05) is 6.07 Å². The molecule has 3 aromatic rings. The lowest BCUT2D eigenvalue weighted by Crippen LogP contribution is -2.47. The van der Waals surface area contributed by atoms with Crippen molar-refractivity contribution in [1.29, 1.82) is 0 Å². The molecule has 3 rings (SSSR count). The first-order valence-electron chi connectivity index (χ1n) is 8.88. The fraction of sp³-hybridized carbons (Fsp3) is 0.412. The van der Waals surface area contributed by atoms with Crippen LogP contribution in [-0.4, -0.2) is 54.5 Å². The zero-order valence-electron chi connectivity index (χ0n) is 16.2. The third-order valence-electron chi connectivity index (χ3n) is 4.27. The van der Waals surface area contributed by atoms with Crippen LogP contribution < -0.4 is 5.32 Å². The van der Waals surface area contributed by atoms with E-state index < -0.39 is 49.1 Å². The van der Waals surface area contributed by atoms with Crippen LogP contribution in [0.25, 0.3) is 22.9 Å². The predicted octanol–water partition coefficient (Wildman–Crippen LogP) is 3.81. The smallest absolute Gasteiger partial charge is 0.379 e. The van der Waals surface area contributed by atoms with Gasteiger partial charge in [-0.15, -0.1) is 0 Å². The monoisotopic (exact) mass is 468 g/mol. The Morgan fingerprint density at radius 2 is 1.88 bits per heavy atom. The molecular formula is C17H15F7N6O2. The zero-order chi connectivity index (χ0) is 23.7. The summed E-state index contributed by atoms with van der Waals surface area (Å²) in [5.41, 5.74) is -2.98.